The Morgan fingerprint density at radius 3 is 2.57 bits per heavy atom. The summed E-state index contributed by atoms with van der Waals surface area (Å²) in [6, 6.07) is 8.20. The number of alkyl halides is 3. The summed E-state index contributed by atoms with van der Waals surface area (Å²) in [6.45, 7) is 2.49. The number of hydrogen-bond acceptors (Lipinski definition) is 3. The monoisotopic (exact) mass is 296 g/mol. The van der Waals surface area contributed by atoms with E-state index in [1.54, 1.807) is 6.07 Å². The van der Waals surface area contributed by atoms with Crippen LogP contribution < -0.4 is 10.1 Å². The fourth-order valence-corrected chi connectivity index (χ4v) is 1.86. The lowest BCUT2D eigenvalue weighted by molar-refractivity contribution is -0.137. The molecule has 0 saturated heterocycles. The van der Waals surface area contributed by atoms with Crippen molar-refractivity contribution in [1.29, 1.82) is 0 Å². The second-order valence-corrected chi connectivity index (χ2v) is 4.55. The van der Waals surface area contributed by atoms with Crippen molar-refractivity contribution in [3.63, 3.8) is 0 Å². The number of nitrogens with zero attached hydrogens (tertiary/aromatic N) is 1. The number of halogens is 3. The van der Waals surface area contributed by atoms with Gasteiger partial charge in [-0.3, -0.25) is 0 Å². The minimum Gasteiger partial charge on any atom is -0.439 e. The molecule has 2 rings (SSSR count). The van der Waals surface area contributed by atoms with E-state index in [2.05, 4.69) is 10.3 Å². The van der Waals surface area contributed by atoms with Gasteiger partial charge in [-0.15, -0.1) is 0 Å². The fraction of sp³-hybridized carbons (Fsp3) is 0.267. The molecule has 1 aromatic heterocycles. The van der Waals surface area contributed by atoms with Gasteiger partial charge in [-0.05, 0) is 37.7 Å². The first-order valence-corrected chi connectivity index (χ1v) is 6.36. The van der Waals surface area contributed by atoms with Crippen molar-refractivity contribution in [3.05, 3.63) is 53.2 Å². The van der Waals surface area contributed by atoms with Crippen molar-refractivity contribution < 1.29 is 17.9 Å². The molecule has 0 spiro atoms. The Kier molecular flexibility index (Phi) is 4.47. The standard InChI is InChI=1S/C15H15F3N2O/c1-10-11(9-19-2)6-7-14(20-10)21-13-5-3-4-12(8-13)15(16,17)18/h3-8,19H,9H2,1-2H3. The third kappa shape index (κ3) is 3.95. The summed E-state index contributed by atoms with van der Waals surface area (Å²) in [4.78, 5) is 4.24. The predicted molar refractivity (Wildman–Crippen MR) is 73.3 cm³/mol. The van der Waals surface area contributed by atoms with Crippen molar-refractivity contribution in [2.45, 2.75) is 19.6 Å². The molecular weight excluding hydrogens is 281 g/mol. The highest BCUT2D eigenvalue weighted by Gasteiger charge is 2.30. The highest BCUT2D eigenvalue weighted by molar-refractivity contribution is 5.34. The SMILES string of the molecule is CNCc1ccc(Oc2cccc(C(F)(F)F)c2)nc1C. The summed E-state index contributed by atoms with van der Waals surface area (Å²) in [6.07, 6.45) is -4.39. The van der Waals surface area contributed by atoms with E-state index in [1.807, 2.05) is 20.0 Å². The van der Waals surface area contributed by atoms with Crippen LogP contribution in [0, 0.1) is 6.92 Å². The summed E-state index contributed by atoms with van der Waals surface area (Å²) >= 11 is 0. The maximum Gasteiger partial charge on any atom is 0.416 e. The summed E-state index contributed by atoms with van der Waals surface area (Å²) in [7, 11) is 1.83. The number of aryl methyl sites for hydroxylation is 1. The van der Waals surface area contributed by atoms with Crippen LogP contribution in [0.15, 0.2) is 36.4 Å². The van der Waals surface area contributed by atoms with Gasteiger partial charge in [0.2, 0.25) is 5.88 Å². The molecule has 0 aliphatic heterocycles. The highest BCUT2D eigenvalue weighted by atomic mass is 19.4. The van der Waals surface area contributed by atoms with Gasteiger partial charge in [0.05, 0.1) is 5.56 Å². The summed E-state index contributed by atoms with van der Waals surface area (Å²) < 4.78 is 43.3. The molecule has 1 heterocycles. The zero-order valence-corrected chi connectivity index (χ0v) is 11.7. The Balaban J connectivity index is 2.20. The predicted octanol–water partition coefficient (Wildman–Crippen LogP) is 3.92. The lowest BCUT2D eigenvalue weighted by Gasteiger charge is -2.11. The quantitative estimate of drug-likeness (QED) is 0.928. The Morgan fingerprint density at radius 1 is 1.19 bits per heavy atom. The zero-order valence-electron chi connectivity index (χ0n) is 11.7. The van der Waals surface area contributed by atoms with Crippen LogP contribution in [-0.2, 0) is 12.7 Å². The van der Waals surface area contributed by atoms with Crippen molar-refractivity contribution in [3.8, 4) is 11.6 Å². The molecule has 2 aromatic rings. The van der Waals surface area contributed by atoms with Crippen LogP contribution >= 0.6 is 0 Å². The van der Waals surface area contributed by atoms with Crippen molar-refractivity contribution in [1.82, 2.24) is 10.3 Å². The molecule has 3 nitrogen and oxygen atoms in total. The Hall–Kier alpha value is -2.08. The van der Waals surface area contributed by atoms with Crippen LogP contribution in [0.2, 0.25) is 0 Å². The van der Waals surface area contributed by atoms with Gasteiger partial charge in [-0.2, -0.15) is 13.2 Å². The summed E-state index contributed by atoms with van der Waals surface area (Å²) in [5.41, 5.74) is 1.03. The van der Waals surface area contributed by atoms with Gasteiger partial charge in [-0.1, -0.05) is 12.1 Å². The maximum atomic E-state index is 12.6. The first-order valence-electron chi connectivity index (χ1n) is 6.36. The fourth-order valence-electron chi connectivity index (χ4n) is 1.86. The van der Waals surface area contributed by atoms with E-state index in [9.17, 15) is 13.2 Å². The first-order chi connectivity index (χ1) is 9.90. The number of rotatable bonds is 4. The lowest BCUT2D eigenvalue weighted by Crippen LogP contribution is -2.07. The number of hydrogen-bond donors (Lipinski definition) is 1. The second kappa shape index (κ2) is 6.13. The van der Waals surface area contributed by atoms with E-state index < -0.39 is 11.7 Å². The first kappa shape index (κ1) is 15.3. The molecule has 0 amide bonds. The molecule has 1 N–H and O–H groups in total. The Labute approximate surface area is 120 Å². The minimum atomic E-state index is -4.39. The maximum absolute atomic E-state index is 12.6. The molecule has 21 heavy (non-hydrogen) atoms. The van der Waals surface area contributed by atoms with Gasteiger partial charge in [-0.25, -0.2) is 4.98 Å². The Morgan fingerprint density at radius 2 is 1.95 bits per heavy atom. The Bertz CT molecular complexity index is 627. The normalized spacial score (nSPS) is 11.5. The number of benzene rings is 1. The van der Waals surface area contributed by atoms with Crippen molar-refractivity contribution in [2.75, 3.05) is 7.05 Å². The lowest BCUT2D eigenvalue weighted by atomic mass is 10.2. The third-order valence-corrected chi connectivity index (χ3v) is 2.92. The molecule has 112 valence electrons. The number of ether oxygens (including phenoxy) is 1. The number of aromatic nitrogens is 1. The largest absolute Gasteiger partial charge is 0.439 e. The number of pyridine rings is 1. The molecule has 1 aromatic carbocycles. The average Bonchev–Trinajstić information content (AvgIpc) is 2.41. The second-order valence-electron chi connectivity index (χ2n) is 4.55. The molecule has 0 saturated carbocycles. The zero-order chi connectivity index (χ0) is 15.5. The van der Waals surface area contributed by atoms with Crippen LogP contribution in [0.25, 0.3) is 0 Å². The van der Waals surface area contributed by atoms with E-state index in [0.717, 1.165) is 23.4 Å². The third-order valence-electron chi connectivity index (χ3n) is 2.92. The van der Waals surface area contributed by atoms with Gasteiger partial charge in [0.1, 0.15) is 5.75 Å². The van der Waals surface area contributed by atoms with E-state index in [1.165, 1.54) is 12.1 Å². The highest BCUT2D eigenvalue weighted by Crippen LogP contribution is 2.32. The van der Waals surface area contributed by atoms with Gasteiger partial charge in [0, 0.05) is 18.3 Å². The van der Waals surface area contributed by atoms with Gasteiger partial charge < -0.3 is 10.1 Å². The molecule has 0 aliphatic carbocycles. The van der Waals surface area contributed by atoms with Crippen molar-refractivity contribution in [2.24, 2.45) is 0 Å². The number of nitrogens with one attached hydrogen (secondary N) is 1. The van der Waals surface area contributed by atoms with Crippen LogP contribution in [0.5, 0.6) is 11.6 Å². The van der Waals surface area contributed by atoms with E-state index in [4.69, 9.17) is 4.74 Å². The van der Waals surface area contributed by atoms with E-state index in [-0.39, 0.29) is 11.6 Å². The molecule has 6 heteroatoms. The molecule has 0 radical (unpaired) electrons. The van der Waals surface area contributed by atoms with Crippen molar-refractivity contribution >= 4 is 0 Å². The van der Waals surface area contributed by atoms with Gasteiger partial charge in [0.15, 0.2) is 0 Å². The molecule has 0 fully saturated rings. The van der Waals surface area contributed by atoms with Crippen LogP contribution in [-0.4, -0.2) is 12.0 Å². The summed E-state index contributed by atoms with van der Waals surface area (Å²) in [5.74, 6) is 0.379. The van der Waals surface area contributed by atoms with E-state index >= 15 is 0 Å². The van der Waals surface area contributed by atoms with Crippen LogP contribution in [0.3, 0.4) is 0 Å². The van der Waals surface area contributed by atoms with Crippen LogP contribution in [0.1, 0.15) is 16.8 Å². The van der Waals surface area contributed by atoms with Gasteiger partial charge >= 0.3 is 6.18 Å². The van der Waals surface area contributed by atoms with Crippen LogP contribution in [0.4, 0.5) is 13.2 Å². The van der Waals surface area contributed by atoms with E-state index in [0.29, 0.717) is 6.54 Å². The smallest absolute Gasteiger partial charge is 0.416 e. The molecule has 0 bridgehead atoms. The molecule has 0 aliphatic rings. The summed E-state index contributed by atoms with van der Waals surface area (Å²) in [5, 5.41) is 3.01. The minimum absolute atomic E-state index is 0.109. The topological polar surface area (TPSA) is 34.1 Å². The van der Waals surface area contributed by atoms with Gasteiger partial charge in [0.25, 0.3) is 0 Å². The average molecular weight is 296 g/mol. The molecule has 0 atom stereocenters. The molecule has 0 unspecified atom stereocenters. The molecular formula is C15H15F3N2O.